The van der Waals surface area contributed by atoms with Crippen molar-refractivity contribution in [3.63, 3.8) is 0 Å². The lowest BCUT2D eigenvalue weighted by molar-refractivity contribution is -0.119. The van der Waals surface area contributed by atoms with Gasteiger partial charge in [0, 0.05) is 12.0 Å². The molecule has 3 heterocycles. The van der Waals surface area contributed by atoms with Gasteiger partial charge in [-0.25, -0.2) is 9.89 Å². The summed E-state index contributed by atoms with van der Waals surface area (Å²) in [5.74, 6) is 0.701. The summed E-state index contributed by atoms with van der Waals surface area (Å²) >= 11 is 1.22. The second kappa shape index (κ2) is 8.24. The smallest absolute Gasteiger partial charge is 0.344 e. The minimum atomic E-state index is -0.283. The second-order valence-electron chi connectivity index (χ2n) is 6.82. The number of carbonyl (C=O) groups excluding carboxylic acids is 1. The van der Waals surface area contributed by atoms with Gasteiger partial charge in [-0.2, -0.15) is 0 Å². The van der Waals surface area contributed by atoms with Gasteiger partial charge in [0.15, 0.2) is 5.16 Å². The Morgan fingerprint density at radius 1 is 1.46 bits per heavy atom. The third-order valence-electron chi connectivity index (χ3n) is 4.71. The minimum absolute atomic E-state index is 0.0246. The van der Waals surface area contributed by atoms with Gasteiger partial charge in [0.2, 0.25) is 5.91 Å². The van der Waals surface area contributed by atoms with E-state index in [0.717, 1.165) is 30.4 Å². The Labute approximate surface area is 165 Å². The Morgan fingerprint density at radius 3 is 3.11 bits per heavy atom. The minimum Gasteiger partial charge on any atom is -0.459 e. The van der Waals surface area contributed by atoms with Gasteiger partial charge in [0.25, 0.3) is 0 Å². The number of thioether (sulfide) groups is 1. The van der Waals surface area contributed by atoms with E-state index < -0.39 is 0 Å². The van der Waals surface area contributed by atoms with Crippen LogP contribution in [-0.4, -0.2) is 39.1 Å². The first kappa shape index (κ1) is 18.8. The van der Waals surface area contributed by atoms with Gasteiger partial charge < -0.3 is 14.5 Å². The number of amides is 1. The van der Waals surface area contributed by atoms with Crippen LogP contribution in [0.3, 0.4) is 0 Å². The van der Waals surface area contributed by atoms with E-state index in [2.05, 4.69) is 15.5 Å². The zero-order chi connectivity index (χ0) is 19.5. The van der Waals surface area contributed by atoms with Crippen molar-refractivity contribution in [3.05, 3.63) is 46.6 Å². The zero-order valence-electron chi connectivity index (χ0n) is 15.5. The third kappa shape index (κ3) is 4.15. The Kier molecular flexibility index (Phi) is 5.54. The molecule has 0 unspecified atom stereocenters. The normalized spacial score (nSPS) is 17.8. The topological polar surface area (TPSA) is 102 Å². The SMILES string of the molecule is C[C@H](NC(=O)CSc1n[nH]c(=O)n1C[C@@H]1CCCO1)c1cc2ccccc2o1. The van der Waals surface area contributed by atoms with E-state index in [1.807, 2.05) is 37.3 Å². The van der Waals surface area contributed by atoms with Crippen LogP contribution < -0.4 is 11.0 Å². The van der Waals surface area contributed by atoms with Crippen molar-refractivity contribution in [3.8, 4) is 0 Å². The maximum Gasteiger partial charge on any atom is 0.344 e. The van der Waals surface area contributed by atoms with Crippen LogP contribution in [0.15, 0.2) is 44.7 Å². The van der Waals surface area contributed by atoms with Crippen molar-refractivity contribution in [2.75, 3.05) is 12.4 Å². The molecule has 1 amide bonds. The van der Waals surface area contributed by atoms with Crippen LogP contribution in [0.4, 0.5) is 0 Å². The summed E-state index contributed by atoms with van der Waals surface area (Å²) in [5.41, 5.74) is 0.511. The molecule has 1 aliphatic rings. The van der Waals surface area contributed by atoms with Gasteiger partial charge in [0.1, 0.15) is 11.3 Å². The van der Waals surface area contributed by atoms with E-state index in [9.17, 15) is 9.59 Å². The lowest BCUT2D eigenvalue weighted by atomic mass is 10.2. The summed E-state index contributed by atoms with van der Waals surface area (Å²) < 4.78 is 12.9. The van der Waals surface area contributed by atoms with Crippen molar-refractivity contribution in [1.82, 2.24) is 20.1 Å². The van der Waals surface area contributed by atoms with Crippen LogP contribution in [0.5, 0.6) is 0 Å². The molecule has 2 aromatic heterocycles. The first-order valence-corrected chi connectivity index (χ1v) is 10.3. The van der Waals surface area contributed by atoms with Crippen LogP contribution in [0.1, 0.15) is 31.6 Å². The number of benzene rings is 1. The highest BCUT2D eigenvalue weighted by molar-refractivity contribution is 7.99. The fourth-order valence-electron chi connectivity index (χ4n) is 3.27. The predicted octanol–water partition coefficient (Wildman–Crippen LogP) is 2.47. The Bertz CT molecular complexity index is 985. The van der Waals surface area contributed by atoms with E-state index in [-0.39, 0.29) is 29.5 Å². The Balaban J connectivity index is 1.34. The highest BCUT2D eigenvalue weighted by Crippen LogP contribution is 2.24. The second-order valence-corrected chi connectivity index (χ2v) is 7.76. The van der Waals surface area contributed by atoms with E-state index in [1.165, 1.54) is 16.3 Å². The highest BCUT2D eigenvalue weighted by Gasteiger charge is 2.21. The number of nitrogens with one attached hydrogen (secondary N) is 2. The number of aromatic amines is 1. The third-order valence-corrected chi connectivity index (χ3v) is 5.69. The molecule has 2 N–H and O–H groups in total. The number of hydrogen-bond acceptors (Lipinski definition) is 6. The quantitative estimate of drug-likeness (QED) is 0.589. The molecule has 28 heavy (non-hydrogen) atoms. The average Bonchev–Trinajstić information content (AvgIpc) is 3.42. The number of nitrogens with zero attached hydrogens (tertiary/aromatic N) is 2. The molecule has 0 saturated carbocycles. The lowest BCUT2D eigenvalue weighted by Crippen LogP contribution is -2.28. The number of H-pyrrole nitrogens is 1. The van der Waals surface area contributed by atoms with Crippen molar-refractivity contribution in [2.24, 2.45) is 0 Å². The number of ether oxygens (including phenoxy) is 1. The number of rotatable bonds is 7. The van der Waals surface area contributed by atoms with Crippen molar-refractivity contribution < 1.29 is 13.9 Å². The lowest BCUT2D eigenvalue weighted by Gasteiger charge is -2.12. The molecule has 1 saturated heterocycles. The molecule has 2 atom stereocenters. The van der Waals surface area contributed by atoms with Crippen LogP contribution in [0, 0.1) is 0 Å². The number of para-hydroxylation sites is 1. The van der Waals surface area contributed by atoms with Gasteiger partial charge >= 0.3 is 5.69 Å². The van der Waals surface area contributed by atoms with Crippen LogP contribution in [0.25, 0.3) is 11.0 Å². The first-order chi connectivity index (χ1) is 13.6. The van der Waals surface area contributed by atoms with Gasteiger partial charge in [-0.05, 0) is 31.9 Å². The summed E-state index contributed by atoms with van der Waals surface area (Å²) in [5, 5.41) is 10.9. The molecule has 8 nitrogen and oxygen atoms in total. The Hall–Kier alpha value is -2.52. The molecule has 4 rings (SSSR count). The van der Waals surface area contributed by atoms with E-state index in [0.29, 0.717) is 17.5 Å². The number of hydrogen-bond donors (Lipinski definition) is 2. The molecule has 1 aliphatic heterocycles. The van der Waals surface area contributed by atoms with Gasteiger partial charge in [-0.15, -0.1) is 5.10 Å². The van der Waals surface area contributed by atoms with Gasteiger partial charge in [-0.1, -0.05) is 30.0 Å². The monoisotopic (exact) mass is 402 g/mol. The summed E-state index contributed by atoms with van der Waals surface area (Å²) in [6.07, 6.45) is 1.95. The van der Waals surface area contributed by atoms with Crippen LogP contribution in [-0.2, 0) is 16.1 Å². The van der Waals surface area contributed by atoms with Gasteiger partial charge in [-0.3, -0.25) is 9.36 Å². The van der Waals surface area contributed by atoms with E-state index in [1.54, 1.807) is 0 Å². The van der Waals surface area contributed by atoms with Crippen molar-refractivity contribution in [2.45, 2.75) is 43.6 Å². The number of aromatic nitrogens is 3. The number of carbonyl (C=O) groups is 1. The van der Waals surface area contributed by atoms with E-state index >= 15 is 0 Å². The van der Waals surface area contributed by atoms with E-state index in [4.69, 9.17) is 9.15 Å². The summed E-state index contributed by atoms with van der Waals surface area (Å²) in [4.78, 5) is 24.3. The molecule has 148 valence electrons. The molecule has 3 aromatic rings. The maximum atomic E-state index is 12.4. The first-order valence-electron chi connectivity index (χ1n) is 9.27. The average molecular weight is 402 g/mol. The molecule has 9 heteroatoms. The summed E-state index contributed by atoms with van der Waals surface area (Å²) in [6, 6.07) is 9.40. The maximum absolute atomic E-state index is 12.4. The highest BCUT2D eigenvalue weighted by atomic mass is 32.2. The molecule has 0 radical (unpaired) electrons. The fourth-order valence-corrected chi connectivity index (χ4v) is 4.03. The van der Waals surface area contributed by atoms with Crippen LogP contribution >= 0.6 is 11.8 Å². The number of furan rings is 1. The predicted molar refractivity (Wildman–Crippen MR) is 105 cm³/mol. The van der Waals surface area contributed by atoms with Gasteiger partial charge in [0.05, 0.1) is 24.4 Å². The molecular weight excluding hydrogens is 380 g/mol. The molecule has 1 fully saturated rings. The van der Waals surface area contributed by atoms with Crippen molar-refractivity contribution in [1.29, 1.82) is 0 Å². The zero-order valence-corrected chi connectivity index (χ0v) is 16.3. The Morgan fingerprint density at radius 2 is 2.32 bits per heavy atom. The molecule has 0 aliphatic carbocycles. The fraction of sp³-hybridized carbons (Fsp3) is 0.421. The molecule has 0 bridgehead atoms. The molecule has 1 aromatic carbocycles. The summed E-state index contributed by atoms with van der Waals surface area (Å²) in [6.45, 7) is 3.05. The summed E-state index contributed by atoms with van der Waals surface area (Å²) in [7, 11) is 0. The number of fused-ring (bicyclic) bond motifs is 1. The van der Waals surface area contributed by atoms with Crippen LogP contribution in [0.2, 0.25) is 0 Å². The largest absolute Gasteiger partial charge is 0.459 e. The molecule has 0 spiro atoms. The molecular formula is C19H22N4O4S. The standard InChI is InChI=1S/C19H22N4O4S/c1-12(16-9-13-5-2-3-7-15(13)27-16)20-17(24)11-28-19-22-21-18(25)23(19)10-14-6-4-8-26-14/h2-3,5,7,9,12,14H,4,6,8,10-11H2,1H3,(H,20,24)(H,21,25)/t12-,14-/m0/s1. The van der Waals surface area contributed by atoms with Crippen molar-refractivity contribution >= 4 is 28.6 Å².